The highest BCUT2D eigenvalue weighted by Crippen LogP contribution is 2.14. The van der Waals surface area contributed by atoms with E-state index in [9.17, 15) is 9.59 Å². The molecule has 0 saturated heterocycles. The van der Waals surface area contributed by atoms with E-state index in [4.69, 9.17) is 10.5 Å². The van der Waals surface area contributed by atoms with Crippen LogP contribution in [0.3, 0.4) is 0 Å². The smallest absolute Gasteiger partial charge is 0.326 e. The van der Waals surface area contributed by atoms with Gasteiger partial charge in [0.25, 0.3) is 5.91 Å². The largest absolute Gasteiger partial charge is 0.497 e. The van der Waals surface area contributed by atoms with Gasteiger partial charge in [-0.05, 0) is 48.5 Å². The molecule has 21 heavy (non-hydrogen) atoms. The van der Waals surface area contributed by atoms with E-state index in [2.05, 4.69) is 10.6 Å². The fourth-order valence-corrected chi connectivity index (χ4v) is 1.65. The van der Waals surface area contributed by atoms with Crippen molar-refractivity contribution in [3.63, 3.8) is 0 Å². The highest BCUT2D eigenvalue weighted by molar-refractivity contribution is 6.08. The maximum atomic E-state index is 11.8. The van der Waals surface area contributed by atoms with Crippen LogP contribution in [0.2, 0.25) is 0 Å². The number of benzene rings is 2. The number of amides is 3. The molecule has 108 valence electrons. The molecule has 0 spiro atoms. The van der Waals surface area contributed by atoms with Crippen LogP contribution < -0.4 is 21.1 Å². The zero-order valence-electron chi connectivity index (χ0n) is 11.4. The number of carbonyl (C=O) groups excluding carboxylic acids is 2. The highest BCUT2D eigenvalue weighted by Gasteiger charge is 2.10. The molecule has 6 nitrogen and oxygen atoms in total. The molecule has 0 heterocycles. The normalized spacial score (nSPS) is 9.76. The van der Waals surface area contributed by atoms with Crippen LogP contribution in [0.1, 0.15) is 10.4 Å². The average Bonchev–Trinajstić information content (AvgIpc) is 2.48. The molecule has 0 aliphatic rings. The Morgan fingerprint density at radius 2 is 1.62 bits per heavy atom. The average molecular weight is 285 g/mol. The number of rotatable bonds is 3. The summed E-state index contributed by atoms with van der Waals surface area (Å²) in [4.78, 5) is 23.5. The summed E-state index contributed by atoms with van der Waals surface area (Å²) in [5.41, 5.74) is 6.99. The van der Waals surface area contributed by atoms with Crippen LogP contribution in [0.5, 0.6) is 5.75 Å². The van der Waals surface area contributed by atoms with E-state index in [0.29, 0.717) is 22.7 Å². The number of imide groups is 1. The van der Waals surface area contributed by atoms with Crippen LogP contribution in [0.15, 0.2) is 48.5 Å². The lowest BCUT2D eigenvalue weighted by molar-refractivity contribution is 0.0967. The summed E-state index contributed by atoms with van der Waals surface area (Å²) in [7, 11) is 1.56. The number of hydrogen-bond acceptors (Lipinski definition) is 4. The summed E-state index contributed by atoms with van der Waals surface area (Å²) in [5, 5.41) is 4.79. The van der Waals surface area contributed by atoms with Crippen molar-refractivity contribution in [1.82, 2.24) is 5.32 Å². The number of urea groups is 1. The third kappa shape index (κ3) is 3.97. The van der Waals surface area contributed by atoms with E-state index in [1.807, 2.05) is 0 Å². The van der Waals surface area contributed by atoms with E-state index in [1.54, 1.807) is 55.6 Å². The molecule has 0 aliphatic heterocycles. The zero-order chi connectivity index (χ0) is 15.2. The third-order valence-electron chi connectivity index (χ3n) is 2.75. The molecular weight excluding hydrogens is 270 g/mol. The Morgan fingerprint density at radius 3 is 2.19 bits per heavy atom. The van der Waals surface area contributed by atoms with E-state index < -0.39 is 11.9 Å². The number of ether oxygens (including phenoxy) is 1. The third-order valence-corrected chi connectivity index (χ3v) is 2.75. The van der Waals surface area contributed by atoms with Crippen LogP contribution in [0.4, 0.5) is 16.2 Å². The highest BCUT2D eigenvalue weighted by atomic mass is 16.5. The van der Waals surface area contributed by atoms with Gasteiger partial charge in [-0.25, -0.2) is 4.79 Å². The molecule has 3 amide bonds. The molecular formula is C15H15N3O3. The molecule has 2 rings (SSSR count). The first-order valence-electron chi connectivity index (χ1n) is 6.20. The predicted octanol–water partition coefficient (Wildman–Crippen LogP) is 2.24. The summed E-state index contributed by atoms with van der Waals surface area (Å²) in [6.07, 6.45) is 0. The van der Waals surface area contributed by atoms with E-state index in [0.717, 1.165) is 0 Å². The van der Waals surface area contributed by atoms with Crippen LogP contribution >= 0.6 is 0 Å². The number of anilines is 2. The van der Waals surface area contributed by atoms with Gasteiger partial charge >= 0.3 is 6.03 Å². The Morgan fingerprint density at radius 1 is 1.00 bits per heavy atom. The van der Waals surface area contributed by atoms with E-state index >= 15 is 0 Å². The monoisotopic (exact) mass is 285 g/mol. The molecule has 0 aliphatic carbocycles. The van der Waals surface area contributed by atoms with Gasteiger partial charge in [-0.1, -0.05) is 0 Å². The summed E-state index contributed by atoms with van der Waals surface area (Å²) in [6.45, 7) is 0. The van der Waals surface area contributed by atoms with Crippen molar-refractivity contribution in [2.45, 2.75) is 0 Å². The molecule has 0 unspecified atom stereocenters. The number of hydrogen-bond donors (Lipinski definition) is 3. The molecule has 0 atom stereocenters. The maximum Gasteiger partial charge on any atom is 0.326 e. The second-order valence-electron chi connectivity index (χ2n) is 4.26. The fourth-order valence-electron chi connectivity index (χ4n) is 1.65. The molecule has 4 N–H and O–H groups in total. The fraction of sp³-hybridized carbons (Fsp3) is 0.0667. The second kappa shape index (κ2) is 6.42. The van der Waals surface area contributed by atoms with Gasteiger partial charge in [0.05, 0.1) is 7.11 Å². The summed E-state index contributed by atoms with van der Waals surface area (Å²) in [6, 6.07) is 12.4. The van der Waals surface area contributed by atoms with Gasteiger partial charge in [0.2, 0.25) is 0 Å². The molecule has 0 radical (unpaired) electrons. The molecule has 2 aromatic carbocycles. The van der Waals surface area contributed by atoms with Crippen LogP contribution in [-0.2, 0) is 0 Å². The number of carbonyl (C=O) groups is 2. The first kappa shape index (κ1) is 14.4. The van der Waals surface area contributed by atoms with Gasteiger partial charge in [-0.15, -0.1) is 0 Å². The Kier molecular flexibility index (Phi) is 4.40. The van der Waals surface area contributed by atoms with Gasteiger partial charge < -0.3 is 15.8 Å². The maximum absolute atomic E-state index is 11.8. The minimum absolute atomic E-state index is 0.356. The van der Waals surface area contributed by atoms with Crippen molar-refractivity contribution in [2.24, 2.45) is 0 Å². The minimum atomic E-state index is -0.609. The lowest BCUT2D eigenvalue weighted by Gasteiger charge is -2.07. The van der Waals surface area contributed by atoms with Gasteiger partial charge in [0.1, 0.15) is 5.75 Å². The summed E-state index contributed by atoms with van der Waals surface area (Å²) >= 11 is 0. The first-order chi connectivity index (χ1) is 10.1. The molecule has 0 aromatic heterocycles. The molecule has 0 fully saturated rings. The number of nitrogens with one attached hydrogen (secondary N) is 2. The van der Waals surface area contributed by atoms with Crippen LogP contribution in [-0.4, -0.2) is 19.0 Å². The lowest BCUT2D eigenvalue weighted by Crippen LogP contribution is -2.34. The SMILES string of the molecule is COc1ccc(NC(=O)NC(=O)c2ccc(N)cc2)cc1. The van der Waals surface area contributed by atoms with Gasteiger partial charge in [0.15, 0.2) is 0 Å². The summed E-state index contributed by atoms with van der Waals surface area (Å²) in [5.74, 6) is 0.180. The van der Waals surface area contributed by atoms with Crippen molar-refractivity contribution in [3.05, 3.63) is 54.1 Å². The van der Waals surface area contributed by atoms with Gasteiger partial charge in [-0.3, -0.25) is 10.1 Å². The summed E-state index contributed by atoms with van der Waals surface area (Å²) < 4.78 is 5.01. The quantitative estimate of drug-likeness (QED) is 0.754. The van der Waals surface area contributed by atoms with Crippen molar-refractivity contribution >= 4 is 23.3 Å². The number of methoxy groups -OCH3 is 1. The van der Waals surface area contributed by atoms with Gasteiger partial charge in [-0.2, -0.15) is 0 Å². The number of nitrogen functional groups attached to an aromatic ring is 1. The minimum Gasteiger partial charge on any atom is -0.497 e. The lowest BCUT2D eigenvalue weighted by atomic mass is 10.2. The first-order valence-corrected chi connectivity index (χ1v) is 6.20. The Balaban J connectivity index is 1.94. The van der Waals surface area contributed by atoms with Crippen molar-refractivity contribution in [1.29, 1.82) is 0 Å². The molecule has 2 aromatic rings. The predicted molar refractivity (Wildman–Crippen MR) is 80.3 cm³/mol. The molecule has 6 heteroatoms. The van der Waals surface area contributed by atoms with E-state index in [1.165, 1.54) is 0 Å². The molecule has 0 saturated carbocycles. The van der Waals surface area contributed by atoms with Crippen LogP contribution in [0.25, 0.3) is 0 Å². The van der Waals surface area contributed by atoms with Crippen molar-refractivity contribution < 1.29 is 14.3 Å². The van der Waals surface area contributed by atoms with Crippen molar-refractivity contribution in [3.8, 4) is 5.75 Å². The van der Waals surface area contributed by atoms with E-state index in [-0.39, 0.29) is 0 Å². The van der Waals surface area contributed by atoms with Crippen LogP contribution in [0, 0.1) is 0 Å². The molecule has 0 bridgehead atoms. The van der Waals surface area contributed by atoms with Gasteiger partial charge in [0, 0.05) is 16.9 Å². The standard InChI is InChI=1S/C15H15N3O3/c1-21-13-8-6-12(7-9-13)17-15(20)18-14(19)10-2-4-11(16)5-3-10/h2-9H,16H2,1H3,(H2,17,18,19,20). The Bertz CT molecular complexity index is 636. The number of nitrogens with two attached hydrogens (primary N) is 1. The topological polar surface area (TPSA) is 93.5 Å². The second-order valence-corrected chi connectivity index (χ2v) is 4.26. The zero-order valence-corrected chi connectivity index (χ0v) is 11.4. The van der Waals surface area contributed by atoms with Crippen molar-refractivity contribution in [2.75, 3.05) is 18.2 Å². The Labute approximate surface area is 121 Å². The Hall–Kier alpha value is -3.02.